The van der Waals surface area contributed by atoms with Crippen LogP contribution in [-0.4, -0.2) is 34.4 Å². The van der Waals surface area contributed by atoms with E-state index in [-0.39, 0.29) is 6.61 Å². The van der Waals surface area contributed by atoms with Gasteiger partial charge in [-0.3, -0.25) is 0 Å². The molecule has 1 aromatic heterocycles. The molecule has 0 fully saturated rings. The lowest BCUT2D eigenvalue weighted by Gasteiger charge is -2.27. The fourth-order valence-electron chi connectivity index (χ4n) is 1.77. The number of aliphatic hydroxyl groups excluding tert-OH is 1. The van der Waals surface area contributed by atoms with Crippen molar-refractivity contribution in [1.29, 1.82) is 0 Å². The van der Waals surface area contributed by atoms with Crippen LogP contribution in [0.3, 0.4) is 0 Å². The van der Waals surface area contributed by atoms with Crippen molar-refractivity contribution in [3.05, 3.63) is 23.4 Å². The van der Waals surface area contributed by atoms with E-state index in [1.165, 1.54) is 0 Å². The number of aliphatic hydroxyl groups is 2. The van der Waals surface area contributed by atoms with Gasteiger partial charge in [-0.25, -0.2) is 4.98 Å². The Morgan fingerprint density at radius 2 is 2.06 bits per heavy atom. The molecule has 0 saturated carbocycles. The molecule has 0 amide bonds. The van der Waals surface area contributed by atoms with E-state index in [1.54, 1.807) is 20.0 Å². The average molecular weight is 224 g/mol. The van der Waals surface area contributed by atoms with Gasteiger partial charge in [0, 0.05) is 19.8 Å². The van der Waals surface area contributed by atoms with Gasteiger partial charge in [0.2, 0.25) is 0 Å². The topological polar surface area (TPSA) is 56.6 Å². The van der Waals surface area contributed by atoms with Crippen LogP contribution < -0.4 is 4.90 Å². The first-order chi connectivity index (χ1) is 7.33. The summed E-state index contributed by atoms with van der Waals surface area (Å²) >= 11 is 0. The maximum atomic E-state index is 9.73. The number of nitrogens with zero attached hydrogens (tertiary/aromatic N) is 2. The van der Waals surface area contributed by atoms with E-state index in [0.717, 1.165) is 16.9 Å². The molecule has 0 aromatic carbocycles. The first-order valence-corrected chi connectivity index (χ1v) is 5.33. The highest BCUT2D eigenvalue weighted by Crippen LogP contribution is 2.18. The molecule has 0 atom stereocenters. The van der Waals surface area contributed by atoms with Crippen molar-refractivity contribution < 1.29 is 10.2 Å². The Balaban J connectivity index is 2.88. The maximum Gasteiger partial charge on any atom is 0.131 e. The smallest absolute Gasteiger partial charge is 0.131 e. The highest BCUT2D eigenvalue weighted by Gasteiger charge is 2.17. The van der Waals surface area contributed by atoms with Gasteiger partial charge in [0.15, 0.2) is 0 Å². The summed E-state index contributed by atoms with van der Waals surface area (Å²) in [5.41, 5.74) is 1.05. The van der Waals surface area contributed by atoms with E-state index in [9.17, 15) is 5.11 Å². The van der Waals surface area contributed by atoms with E-state index in [4.69, 9.17) is 5.11 Å². The summed E-state index contributed by atoms with van der Waals surface area (Å²) in [4.78, 5) is 6.20. The molecule has 0 spiro atoms. The summed E-state index contributed by atoms with van der Waals surface area (Å²) in [5.74, 6) is 0.833. The Bertz CT molecular complexity index is 359. The average Bonchev–Trinajstić information content (AvgIpc) is 2.14. The van der Waals surface area contributed by atoms with E-state index >= 15 is 0 Å². The molecule has 1 aromatic rings. The number of hydrogen-bond donors (Lipinski definition) is 2. The number of pyridine rings is 1. The van der Waals surface area contributed by atoms with Gasteiger partial charge in [-0.1, -0.05) is 0 Å². The molecule has 1 rings (SSSR count). The predicted octanol–water partition coefficient (Wildman–Crippen LogP) is 1.09. The van der Waals surface area contributed by atoms with Crippen molar-refractivity contribution in [1.82, 2.24) is 4.98 Å². The molecule has 0 radical (unpaired) electrons. The van der Waals surface area contributed by atoms with Crippen molar-refractivity contribution in [2.75, 3.05) is 18.5 Å². The van der Waals surface area contributed by atoms with Crippen molar-refractivity contribution in [3.63, 3.8) is 0 Å². The van der Waals surface area contributed by atoms with Crippen molar-refractivity contribution >= 4 is 5.82 Å². The normalized spacial score (nSPS) is 11.6. The van der Waals surface area contributed by atoms with Gasteiger partial charge in [0.1, 0.15) is 5.82 Å². The fourth-order valence-corrected chi connectivity index (χ4v) is 1.77. The minimum absolute atomic E-state index is 0.00330. The Morgan fingerprint density at radius 1 is 1.44 bits per heavy atom. The number of aryl methyl sites for hydroxylation is 1. The third-order valence-corrected chi connectivity index (χ3v) is 2.28. The quantitative estimate of drug-likeness (QED) is 0.804. The fraction of sp³-hybridized carbons (Fsp3) is 0.583. The van der Waals surface area contributed by atoms with Crippen LogP contribution >= 0.6 is 0 Å². The van der Waals surface area contributed by atoms with Crippen LogP contribution in [0, 0.1) is 6.92 Å². The first-order valence-electron chi connectivity index (χ1n) is 5.33. The summed E-state index contributed by atoms with van der Waals surface area (Å²) in [6.45, 7) is 5.99. The van der Waals surface area contributed by atoms with Crippen LogP contribution in [0.4, 0.5) is 5.82 Å². The molecule has 0 aliphatic heterocycles. The van der Waals surface area contributed by atoms with Gasteiger partial charge in [-0.05, 0) is 38.0 Å². The first kappa shape index (κ1) is 12.9. The standard InChI is InChI=1S/C12H20N2O2/c1-9-5-10(7-15)6-13-11(9)14(4)8-12(2,3)16/h5-6,15-16H,7-8H2,1-4H3. The van der Waals surface area contributed by atoms with E-state index in [2.05, 4.69) is 4.98 Å². The minimum Gasteiger partial charge on any atom is -0.392 e. The van der Waals surface area contributed by atoms with Crippen LogP contribution in [0.2, 0.25) is 0 Å². The lowest BCUT2D eigenvalue weighted by molar-refractivity contribution is 0.0884. The highest BCUT2D eigenvalue weighted by atomic mass is 16.3. The number of hydrogen-bond acceptors (Lipinski definition) is 4. The van der Waals surface area contributed by atoms with Crippen molar-refractivity contribution in [3.8, 4) is 0 Å². The molecule has 0 unspecified atom stereocenters. The van der Waals surface area contributed by atoms with Gasteiger partial charge in [-0.15, -0.1) is 0 Å². The zero-order valence-corrected chi connectivity index (χ0v) is 10.4. The highest BCUT2D eigenvalue weighted by molar-refractivity contribution is 5.46. The molecule has 4 nitrogen and oxygen atoms in total. The van der Waals surface area contributed by atoms with Crippen LogP contribution in [0.25, 0.3) is 0 Å². The lowest BCUT2D eigenvalue weighted by Crippen LogP contribution is -2.37. The van der Waals surface area contributed by atoms with Gasteiger partial charge < -0.3 is 15.1 Å². The Kier molecular flexibility index (Phi) is 3.88. The van der Waals surface area contributed by atoms with Crippen molar-refractivity contribution in [2.45, 2.75) is 33.0 Å². The third-order valence-electron chi connectivity index (χ3n) is 2.28. The van der Waals surface area contributed by atoms with E-state index < -0.39 is 5.60 Å². The lowest BCUT2D eigenvalue weighted by atomic mass is 10.1. The second-order valence-corrected chi connectivity index (χ2v) is 4.81. The number of likely N-dealkylation sites (N-methyl/N-ethyl adjacent to an activating group) is 1. The molecular formula is C12H20N2O2. The van der Waals surface area contributed by atoms with Crippen LogP contribution in [0.5, 0.6) is 0 Å². The summed E-state index contributed by atoms with van der Waals surface area (Å²) in [6.07, 6.45) is 1.66. The molecule has 16 heavy (non-hydrogen) atoms. The van der Waals surface area contributed by atoms with E-state index in [0.29, 0.717) is 6.54 Å². The molecular weight excluding hydrogens is 204 g/mol. The molecule has 0 saturated heterocycles. The monoisotopic (exact) mass is 224 g/mol. The molecule has 2 N–H and O–H groups in total. The van der Waals surface area contributed by atoms with Gasteiger partial charge in [0.25, 0.3) is 0 Å². The second-order valence-electron chi connectivity index (χ2n) is 4.81. The van der Waals surface area contributed by atoms with Crippen LogP contribution in [0.15, 0.2) is 12.3 Å². The minimum atomic E-state index is -0.751. The predicted molar refractivity (Wildman–Crippen MR) is 64.5 cm³/mol. The summed E-state index contributed by atoms with van der Waals surface area (Å²) < 4.78 is 0. The molecule has 4 heteroatoms. The van der Waals surface area contributed by atoms with Crippen LogP contribution in [-0.2, 0) is 6.61 Å². The zero-order valence-electron chi connectivity index (χ0n) is 10.4. The van der Waals surface area contributed by atoms with Crippen molar-refractivity contribution in [2.24, 2.45) is 0 Å². The molecule has 90 valence electrons. The Morgan fingerprint density at radius 3 is 2.50 bits per heavy atom. The molecule has 0 aliphatic rings. The third kappa shape index (κ3) is 3.47. The second kappa shape index (κ2) is 4.80. The molecule has 0 aliphatic carbocycles. The van der Waals surface area contributed by atoms with E-state index in [1.807, 2.05) is 24.9 Å². The largest absolute Gasteiger partial charge is 0.392 e. The number of anilines is 1. The maximum absolute atomic E-state index is 9.73. The SMILES string of the molecule is Cc1cc(CO)cnc1N(C)CC(C)(C)O. The van der Waals surface area contributed by atoms with Gasteiger partial charge in [-0.2, -0.15) is 0 Å². The summed E-state index contributed by atoms with van der Waals surface area (Å²) in [7, 11) is 1.89. The Labute approximate surface area is 96.6 Å². The summed E-state index contributed by atoms with van der Waals surface area (Å²) in [5, 5.41) is 18.7. The summed E-state index contributed by atoms with van der Waals surface area (Å²) in [6, 6.07) is 1.91. The molecule has 1 heterocycles. The van der Waals surface area contributed by atoms with Gasteiger partial charge >= 0.3 is 0 Å². The van der Waals surface area contributed by atoms with Gasteiger partial charge in [0.05, 0.1) is 12.2 Å². The zero-order chi connectivity index (χ0) is 12.3. The number of rotatable bonds is 4. The molecule has 0 bridgehead atoms. The van der Waals surface area contributed by atoms with Crippen LogP contribution in [0.1, 0.15) is 25.0 Å². The Hall–Kier alpha value is -1.13. The number of aromatic nitrogens is 1.